The van der Waals surface area contributed by atoms with E-state index in [0.717, 1.165) is 30.8 Å². The summed E-state index contributed by atoms with van der Waals surface area (Å²) in [6.45, 7) is 7.95. The molecule has 3 rings (SSSR count). The predicted octanol–water partition coefficient (Wildman–Crippen LogP) is 2.84. The molecule has 5 heteroatoms. The SMILES string of the molecule is CCN(CC)CCNC(=O)[C@H](c1ccccc1)N1Cc2ccccc2C1=O. The van der Waals surface area contributed by atoms with E-state index in [2.05, 4.69) is 24.1 Å². The third kappa shape index (κ3) is 4.19. The fraction of sp³-hybridized carbons (Fsp3) is 0.364. The maximum atomic E-state index is 13.1. The quantitative estimate of drug-likeness (QED) is 0.783. The molecule has 0 fully saturated rings. The smallest absolute Gasteiger partial charge is 0.255 e. The zero-order chi connectivity index (χ0) is 19.2. The van der Waals surface area contributed by atoms with Crippen molar-refractivity contribution in [2.45, 2.75) is 26.4 Å². The summed E-state index contributed by atoms with van der Waals surface area (Å²) in [4.78, 5) is 29.9. The van der Waals surface area contributed by atoms with Gasteiger partial charge in [0.05, 0.1) is 0 Å². The monoisotopic (exact) mass is 365 g/mol. The Kier molecular flexibility index (Phi) is 6.24. The number of fused-ring (bicyclic) bond motifs is 1. The molecule has 0 bridgehead atoms. The molecule has 0 saturated heterocycles. The molecular weight excluding hydrogens is 338 g/mol. The number of likely N-dealkylation sites (N-methyl/N-ethyl adjacent to an activating group) is 1. The standard InChI is InChI=1S/C22H27N3O2/c1-3-24(4-2)15-14-23-21(26)20(17-10-6-5-7-11-17)25-16-18-12-8-9-13-19(18)22(25)27/h5-13,20H,3-4,14-16H2,1-2H3,(H,23,26)/t20-/m0/s1. The Balaban J connectivity index is 1.79. The highest BCUT2D eigenvalue weighted by Crippen LogP contribution is 2.31. The van der Waals surface area contributed by atoms with Crippen LogP contribution in [0.3, 0.4) is 0 Å². The first-order chi connectivity index (χ1) is 13.2. The number of hydrogen-bond donors (Lipinski definition) is 1. The highest BCUT2D eigenvalue weighted by Gasteiger charge is 2.36. The first kappa shape index (κ1) is 19.1. The molecule has 0 aromatic heterocycles. The summed E-state index contributed by atoms with van der Waals surface area (Å²) in [7, 11) is 0. The van der Waals surface area contributed by atoms with E-state index in [1.807, 2.05) is 54.6 Å². The maximum Gasteiger partial charge on any atom is 0.255 e. The number of nitrogens with zero attached hydrogens (tertiary/aromatic N) is 2. The molecule has 1 aliphatic heterocycles. The number of hydrogen-bond acceptors (Lipinski definition) is 3. The van der Waals surface area contributed by atoms with Gasteiger partial charge in [-0.1, -0.05) is 62.4 Å². The summed E-state index contributed by atoms with van der Waals surface area (Å²) in [5.74, 6) is -0.215. The summed E-state index contributed by atoms with van der Waals surface area (Å²) < 4.78 is 0. The Bertz CT molecular complexity index is 787. The van der Waals surface area contributed by atoms with E-state index in [1.165, 1.54) is 0 Å². The largest absolute Gasteiger partial charge is 0.353 e. The molecule has 0 radical (unpaired) electrons. The van der Waals surface area contributed by atoms with Crippen LogP contribution in [0.25, 0.3) is 0 Å². The lowest BCUT2D eigenvalue weighted by Crippen LogP contribution is -2.43. The molecule has 2 aromatic rings. The molecule has 0 saturated carbocycles. The molecule has 27 heavy (non-hydrogen) atoms. The van der Waals surface area contributed by atoms with Crippen molar-refractivity contribution in [2.75, 3.05) is 26.2 Å². The van der Waals surface area contributed by atoms with E-state index in [0.29, 0.717) is 18.7 Å². The molecule has 2 amide bonds. The van der Waals surface area contributed by atoms with E-state index in [9.17, 15) is 9.59 Å². The number of nitrogens with one attached hydrogen (secondary N) is 1. The molecule has 5 nitrogen and oxygen atoms in total. The second-order valence-electron chi connectivity index (χ2n) is 6.72. The van der Waals surface area contributed by atoms with Crippen molar-refractivity contribution in [3.63, 3.8) is 0 Å². The van der Waals surface area contributed by atoms with E-state index in [1.54, 1.807) is 4.90 Å². The number of carbonyl (C=O) groups excluding carboxylic acids is 2. The van der Waals surface area contributed by atoms with Crippen molar-refractivity contribution in [1.82, 2.24) is 15.1 Å². The molecule has 2 aromatic carbocycles. The van der Waals surface area contributed by atoms with Crippen molar-refractivity contribution in [2.24, 2.45) is 0 Å². The number of rotatable bonds is 8. The van der Waals surface area contributed by atoms with Crippen LogP contribution in [0.4, 0.5) is 0 Å². The van der Waals surface area contributed by atoms with Gasteiger partial charge in [-0.05, 0) is 30.3 Å². The summed E-state index contributed by atoms with van der Waals surface area (Å²) in [6, 6.07) is 16.5. The molecule has 1 aliphatic rings. The highest BCUT2D eigenvalue weighted by atomic mass is 16.2. The van der Waals surface area contributed by atoms with E-state index >= 15 is 0 Å². The third-order valence-electron chi connectivity index (χ3n) is 5.15. The molecular formula is C22H27N3O2. The lowest BCUT2D eigenvalue weighted by atomic mass is 10.0. The molecule has 1 heterocycles. The number of amides is 2. The van der Waals surface area contributed by atoms with Crippen LogP contribution in [-0.4, -0.2) is 47.8 Å². The van der Waals surface area contributed by atoms with Gasteiger partial charge in [0, 0.05) is 25.2 Å². The van der Waals surface area contributed by atoms with Gasteiger partial charge in [0.15, 0.2) is 0 Å². The van der Waals surface area contributed by atoms with E-state index in [4.69, 9.17) is 0 Å². The summed E-state index contributed by atoms with van der Waals surface area (Å²) >= 11 is 0. The van der Waals surface area contributed by atoms with Crippen LogP contribution >= 0.6 is 0 Å². The normalized spacial score (nSPS) is 14.3. The van der Waals surface area contributed by atoms with Gasteiger partial charge in [0.25, 0.3) is 5.91 Å². The Hall–Kier alpha value is -2.66. The van der Waals surface area contributed by atoms with Gasteiger partial charge in [-0.3, -0.25) is 9.59 Å². The minimum absolute atomic E-state index is 0.0849. The van der Waals surface area contributed by atoms with Crippen LogP contribution in [0.15, 0.2) is 54.6 Å². The van der Waals surface area contributed by atoms with Crippen molar-refractivity contribution in [1.29, 1.82) is 0 Å². The molecule has 0 aliphatic carbocycles. The first-order valence-corrected chi connectivity index (χ1v) is 9.59. The van der Waals surface area contributed by atoms with E-state index in [-0.39, 0.29) is 11.8 Å². The van der Waals surface area contributed by atoms with Crippen LogP contribution in [0.1, 0.15) is 41.4 Å². The van der Waals surface area contributed by atoms with Crippen molar-refractivity contribution in [3.8, 4) is 0 Å². The van der Waals surface area contributed by atoms with Crippen molar-refractivity contribution >= 4 is 11.8 Å². The Morgan fingerprint density at radius 2 is 1.74 bits per heavy atom. The van der Waals surface area contributed by atoms with Crippen LogP contribution in [0, 0.1) is 0 Å². The van der Waals surface area contributed by atoms with Gasteiger partial charge in [0.2, 0.25) is 5.91 Å². The van der Waals surface area contributed by atoms with Gasteiger partial charge in [0.1, 0.15) is 6.04 Å². The summed E-state index contributed by atoms with van der Waals surface area (Å²) in [6.07, 6.45) is 0. The minimum atomic E-state index is -0.622. The van der Waals surface area contributed by atoms with Gasteiger partial charge in [-0.2, -0.15) is 0 Å². The van der Waals surface area contributed by atoms with Crippen LogP contribution < -0.4 is 5.32 Å². The van der Waals surface area contributed by atoms with Gasteiger partial charge >= 0.3 is 0 Å². The van der Waals surface area contributed by atoms with E-state index < -0.39 is 6.04 Å². The lowest BCUT2D eigenvalue weighted by molar-refractivity contribution is -0.126. The lowest BCUT2D eigenvalue weighted by Gasteiger charge is -2.28. The maximum absolute atomic E-state index is 13.1. The van der Waals surface area contributed by atoms with Gasteiger partial charge in [-0.25, -0.2) is 0 Å². The Morgan fingerprint density at radius 1 is 1.07 bits per heavy atom. The second-order valence-corrected chi connectivity index (χ2v) is 6.72. The zero-order valence-electron chi connectivity index (χ0n) is 16.0. The topological polar surface area (TPSA) is 52.7 Å². The van der Waals surface area contributed by atoms with Crippen molar-refractivity contribution < 1.29 is 9.59 Å². The highest BCUT2D eigenvalue weighted by molar-refractivity contribution is 6.01. The fourth-order valence-electron chi connectivity index (χ4n) is 3.57. The molecule has 1 atom stereocenters. The first-order valence-electron chi connectivity index (χ1n) is 9.59. The van der Waals surface area contributed by atoms with Gasteiger partial charge < -0.3 is 15.1 Å². The number of carbonyl (C=O) groups is 2. The van der Waals surface area contributed by atoms with Crippen molar-refractivity contribution in [3.05, 3.63) is 71.3 Å². The summed E-state index contributed by atoms with van der Waals surface area (Å²) in [5.41, 5.74) is 2.49. The van der Waals surface area contributed by atoms with Crippen LogP contribution in [-0.2, 0) is 11.3 Å². The minimum Gasteiger partial charge on any atom is -0.353 e. The Labute approximate surface area is 161 Å². The predicted molar refractivity (Wildman–Crippen MR) is 106 cm³/mol. The van der Waals surface area contributed by atoms with Gasteiger partial charge in [-0.15, -0.1) is 0 Å². The zero-order valence-corrected chi connectivity index (χ0v) is 16.0. The van der Waals surface area contributed by atoms with Crippen LogP contribution in [0.5, 0.6) is 0 Å². The fourth-order valence-corrected chi connectivity index (χ4v) is 3.57. The van der Waals surface area contributed by atoms with Crippen LogP contribution in [0.2, 0.25) is 0 Å². The molecule has 0 spiro atoms. The average molecular weight is 365 g/mol. The molecule has 1 N–H and O–H groups in total. The summed E-state index contributed by atoms with van der Waals surface area (Å²) in [5, 5.41) is 3.03. The second kappa shape index (κ2) is 8.82. The average Bonchev–Trinajstić information content (AvgIpc) is 3.03. The number of benzene rings is 2. The molecule has 0 unspecified atom stereocenters. The molecule has 142 valence electrons. The third-order valence-corrected chi connectivity index (χ3v) is 5.15. The Morgan fingerprint density at radius 3 is 2.41 bits per heavy atom.